The summed E-state index contributed by atoms with van der Waals surface area (Å²) in [7, 11) is 0. The van der Waals surface area contributed by atoms with Gasteiger partial charge in [0.2, 0.25) is 0 Å². The summed E-state index contributed by atoms with van der Waals surface area (Å²) < 4.78 is 7.09. The van der Waals surface area contributed by atoms with E-state index in [1.807, 2.05) is 41.2 Å². The normalized spacial score (nSPS) is 10.1. The Hall–Kier alpha value is -2.61. The Bertz CT molecular complexity index is 698. The maximum Gasteiger partial charge on any atom is 0.306 e. The van der Waals surface area contributed by atoms with Gasteiger partial charge in [0.05, 0.1) is 12.1 Å². The number of ether oxygens (including phenoxy) is 1. The summed E-state index contributed by atoms with van der Waals surface area (Å²) in [6, 6.07) is 9.67. The molecule has 1 heterocycles. The molecule has 1 aromatic carbocycles. The smallest absolute Gasteiger partial charge is 0.306 e. The number of aromatic nitrogens is 3. The molecule has 0 amide bonds. The van der Waals surface area contributed by atoms with E-state index >= 15 is 0 Å². The van der Waals surface area contributed by atoms with E-state index in [0.29, 0.717) is 19.4 Å². The Labute approximate surface area is 149 Å². The van der Waals surface area contributed by atoms with Crippen molar-refractivity contribution < 1.29 is 9.53 Å². The summed E-state index contributed by atoms with van der Waals surface area (Å²) in [4.78, 5) is 11.8. The second-order valence-corrected chi connectivity index (χ2v) is 5.78. The quantitative estimate of drug-likeness (QED) is 0.398. The molecule has 0 aliphatic rings. The lowest BCUT2D eigenvalue weighted by Gasteiger charge is -2.03. The predicted molar refractivity (Wildman–Crippen MR) is 96.5 cm³/mol. The Balaban J connectivity index is 1.62. The molecule has 0 saturated carbocycles. The fourth-order valence-corrected chi connectivity index (χ4v) is 2.30. The molecule has 0 aliphatic heterocycles. The third-order valence-corrected chi connectivity index (χ3v) is 3.65. The highest BCUT2D eigenvalue weighted by molar-refractivity contribution is 5.69. The lowest BCUT2D eigenvalue weighted by atomic mass is 10.2. The average molecular weight is 339 g/mol. The van der Waals surface area contributed by atoms with E-state index in [1.165, 1.54) is 0 Å². The second-order valence-electron chi connectivity index (χ2n) is 5.78. The van der Waals surface area contributed by atoms with Gasteiger partial charge in [-0.25, -0.2) is 0 Å². The van der Waals surface area contributed by atoms with E-state index in [-0.39, 0.29) is 5.97 Å². The number of nitrogens with zero attached hydrogens (tertiary/aromatic N) is 3. The summed E-state index contributed by atoms with van der Waals surface area (Å²) in [6.07, 6.45) is 6.72. The number of benzene rings is 1. The largest absolute Gasteiger partial charge is 0.461 e. The monoisotopic (exact) mass is 339 g/mol. The Kier molecular flexibility index (Phi) is 8.26. The van der Waals surface area contributed by atoms with E-state index < -0.39 is 0 Å². The Morgan fingerprint density at radius 3 is 2.84 bits per heavy atom. The Morgan fingerprint density at radius 1 is 1.20 bits per heavy atom. The molecule has 0 spiro atoms. The standard InChI is InChI=1S/C20H25N3O2/c1-2-3-4-5-6-10-15-23-16-19(21-22-23)13-14-20(24)25-17-18-11-8-7-9-12-18/h7-9,11-12,16H,2,5-6,10,13-15,17H2,1H3. The number of rotatable bonds is 9. The zero-order valence-corrected chi connectivity index (χ0v) is 14.8. The molecule has 2 aromatic rings. The van der Waals surface area contributed by atoms with Crippen LogP contribution in [0.4, 0.5) is 0 Å². The fraction of sp³-hybridized carbons (Fsp3) is 0.450. The molecule has 0 radical (unpaired) electrons. The number of hydrogen-bond acceptors (Lipinski definition) is 4. The van der Waals surface area contributed by atoms with Gasteiger partial charge in [-0.2, -0.15) is 0 Å². The van der Waals surface area contributed by atoms with Crippen molar-refractivity contribution in [1.29, 1.82) is 0 Å². The third-order valence-electron chi connectivity index (χ3n) is 3.65. The molecule has 25 heavy (non-hydrogen) atoms. The zero-order chi connectivity index (χ0) is 17.7. The number of esters is 1. The average Bonchev–Trinajstić information content (AvgIpc) is 3.10. The van der Waals surface area contributed by atoms with Crippen LogP contribution in [-0.2, 0) is 29.1 Å². The van der Waals surface area contributed by atoms with Crippen LogP contribution >= 0.6 is 0 Å². The molecule has 0 bridgehead atoms. The first-order chi connectivity index (χ1) is 12.3. The van der Waals surface area contributed by atoms with Crippen molar-refractivity contribution in [1.82, 2.24) is 15.0 Å². The lowest BCUT2D eigenvalue weighted by molar-refractivity contribution is -0.144. The topological polar surface area (TPSA) is 57.0 Å². The van der Waals surface area contributed by atoms with Crippen molar-refractivity contribution in [2.75, 3.05) is 0 Å². The van der Waals surface area contributed by atoms with Crippen molar-refractivity contribution in [2.45, 2.75) is 58.6 Å². The van der Waals surface area contributed by atoms with Crippen molar-refractivity contribution >= 4 is 5.97 Å². The first-order valence-electron chi connectivity index (χ1n) is 8.82. The molecule has 0 saturated heterocycles. The molecule has 0 N–H and O–H groups in total. The first-order valence-corrected chi connectivity index (χ1v) is 8.82. The molecule has 1 aromatic heterocycles. The number of hydrogen-bond donors (Lipinski definition) is 0. The van der Waals surface area contributed by atoms with E-state index in [0.717, 1.165) is 43.5 Å². The van der Waals surface area contributed by atoms with Crippen molar-refractivity contribution in [3.63, 3.8) is 0 Å². The summed E-state index contributed by atoms with van der Waals surface area (Å²) >= 11 is 0. The van der Waals surface area contributed by atoms with E-state index in [4.69, 9.17) is 4.74 Å². The highest BCUT2D eigenvalue weighted by Gasteiger charge is 2.07. The molecular weight excluding hydrogens is 314 g/mol. The van der Waals surface area contributed by atoms with Gasteiger partial charge in [-0.15, -0.1) is 16.9 Å². The third kappa shape index (κ3) is 7.67. The summed E-state index contributed by atoms with van der Waals surface area (Å²) in [6.45, 7) is 3.20. The second kappa shape index (κ2) is 11.0. The van der Waals surface area contributed by atoms with Crippen molar-refractivity contribution in [3.8, 4) is 11.8 Å². The van der Waals surface area contributed by atoms with E-state index in [9.17, 15) is 4.79 Å². The molecule has 132 valence electrons. The van der Waals surface area contributed by atoms with Gasteiger partial charge in [0, 0.05) is 32.0 Å². The summed E-state index contributed by atoms with van der Waals surface area (Å²) in [5, 5.41) is 8.21. The van der Waals surface area contributed by atoms with Crippen LogP contribution in [0, 0.1) is 11.8 Å². The molecule has 0 aliphatic carbocycles. The number of carbonyl (C=O) groups is 1. The van der Waals surface area contributed by atoms with Crippen LogP contribution in [0.15, 0.2) is 36.5 Å². The molecule has 5 nitrogen and oxygen atoms in total. The highest BCUT2D eigenvalue weighted by atomic mass is 16.5. The number of unbranched alkanes of at least 4 members (excludes halogenated alkanes) is 2. The van der Waals surface area contributed by atoms with Gasteiger partial charge in [0.1, 0.15) is 6.61 Å². The maximum atomic E-state index is 11.8. The number of aryl methyl sites for hydroxylation is 2. The van der Waals surface area contributed by atoms with Crippen LogP contribution < -0.4 is 0 Å². The summed E-state index contributed by atoms with van der Waals surface area (Å²) in [5.41, 5.74) is 1.81. The van der Waals surface area contributed by atoms with Gasteiger partial charge in [0.15, 0.2) is 0 Å². The van der Waals surface area contributed by atoms with Crippen LogP contribution in [0.2, 0.25) is 0 Å². The minimum Gasteiger partial charge on any atom is -0.461 e. The summed E-state index contributed by atoms with van der Waals surface area (Å²) in [5.74, 6) is 5.99. The lowest BCUT2D eigenvalue weighted by Crippen LogP contribution is -2.06. The maximum absolute atomic E-state index is 11.8. The predicted octanol–water partition coefficient (Wildman–Crippen LogP) is 3.54. The van der Waals surface area contributed by atoms with Gasteiger partial charge >= 0.3 is 5.97 Å². The first kappa shape index (κ1) is 18.7. The van der Waals surface area contributed by atoms with Crippen LogP contribution in [0.25, 0.3) is 0 Å². The van der Waals surface area contributed by atoms with Crippen molar-refractivity contribution in [3.05, 3.63) is 47.8 Å². The van der Waals surface area contributed by atoms with Gasteiger partial charge in [-0.1, -0.05) is 42.5 Å². The van der Waals surface area contributed by atoms with Gasteiger partial charge in [-0.3, -0.25) is 9.48 Å². The molecule has 2 rings (SSSR count). The highest BCUT2D eigenvalue weighted by Crippen LogP contribution is 2.05. The van der Waals surface area contributed by atoms with Crippen LogP contribution in [0.3, 0.4) is 0 Å². The minimum atomic E-state index is -0.215. The van der Waals surface area contributed by atoms with Crippen LogP contribution in [0.1, 0.15) is 50.3 Å². The molecule has 0 unspecified atom stereocenters. The van der Waals surface area contributed by atoms with E-state index in [1.54, 1.807) is 0 Å². The molecule has 0 atom stereocenters. The zero-order valence-electron chi connectivity index (χ0n) is 14.8. The van der Waals surface area contributed by atoms with Gasteiger partial charge in [-0.05, 0) is 18.4 Å². The molecule has 5 heteroatoms. The SMILES string of the molecule is CCC#CCCCCn1cc(CCC(=O)OCc2ccccc2)nn1. The van der Waals surface area contributed by atoms with Gasteiger partial charge in [0.25, 0.3) is 0 Å². The fourth-order valence-electron chi connectivity index (χ4n) is 2.30. The van der Waals surface area contributed by atoms with Crippen LogP contribution in [0.5, 0.6) is 0 Å². The minimum absolute atomic E-state index is 0.215. The van der Waals surface area contributed by atoms with Gasteiger partial charge < -0.3 is 4.74 Å². The Morgan fingerprint density at radius 2 is 2.04 bits per heavy atom. The molecular formula is C20H25N3O2. The van der Waals surface area contributed by atoms with Crippen molar-refractivity contribution in [2.24, 2.45) is 0 Å². The molecule has 0 fully saturated rings. The van der Waals surface area contributed by atoms with E-state index in [2.05, 4.69) is 29.1 Å². The van der Waals surface area contributed by atoms with Crippen LogP contribution in [-0.4, -0.2) is 21.0 Å². The number of carbonyl (C=O) groups excluding carboxylic acids is 1.